The molecule has 0 amide bonds. The molecule has 0 N–H and O–H groups in total. The highest BCUT2D eigenvalue weighted by Gasteiger charge is 2.17. The molecule has 3 nitrogen and oxygen atoms in total. The quantitative estimate of drug-likeness (QED) is 0.585. The molecule has 16 heavy (non-hydrogen) atoms. The van der Waals surface area contributed by atoms with Crippen molar-refractivity contribution in [1.29, 1.82) is 0 Å². The van der Waals surface area contributed by atoms with E-state index in [4.69, 9.17) is 4.74 Å². The molecule has 0 radical (unpaired) electrons. The summed E-state index contributed by atoms with van der Waals surface area (Å²) in [4.78, 5) is 13.9. The minimum Gasteiger partial charge on any atom is -0.465 e. The molecule has 0 aromatic rings. The van der Waals surface area contributed by atoms with Gasteiger partial charge in [-0.25, -0.2) is 0 Å². The van der Waals surface area contributed by atoms with Gasteiger partial charge in [-0.3, -0.25) is 4.79 Å². The smallest absolute Gasteiger partial charge is 0.319 e. The van der Waals surface area contributed by atoms with E-state index in [1.807, 2.05) is 13.8 Å². The largest absolute Gasteiger partial charge is 0.465 e. The zero-order chi connectivity index (χ0) is 12.4. The molecule has 1 unspecified atom stereocenters. The Balaban J connectivity index is 3.82. The number of carbonyl (C=O) groups is 1. The van der Waals surface area contributed by atoms with E-state index in [1.165, 1.54) is 0 Å². The maximum absolute atomic E-state index is 11.5. The van der Waals surface area contributed by atoms with E-state index in [0.29, 0.717) is 6.61 Å². The van der Waals surface area contributed by atoms with Crippen LogP contribution < -0.4 is 0 Å². The van der Waals surface area contributed by atoms with Crippen LogP contribution in [0.25, 0.3) is 0 Å². The van der Waals surface area contributed by atoms with Crippen LogP contribution in [0.1, 0.15) is 34.1 Å². The predicted octanol–water partition coefficient (Wildman–Crippen LogP) is 2.40. The Morgan fingerprint density at radius 1 is 1.25 bits per heavy atom. The van der Waals surface area contributed by atoms with Crippen LogP contribution in [0.4, 0.5) is 0 Å². The standard InChI is InChI=1S/C12H25NO2S/c1-5-11(12(14)15-8-4)16-10-9-13(6-2)7-3/h11H,5-10H2,1-4H3. The second kappa shape index (κ2) is 9.97. The van der Waals surface area contributed by atoms with Gasteiger partial charge in [-0.05, 0) is 26.4 Å². The van der Waals surface area contributed by atoms with Crippen LogP contribution in [-0.2, 0) is 9.53 Å². The fraction of sp³-hybridized carbons (Fsp3) is 0.917. The van der Waals surface area contributed by atoms with E-state index < -0.39 is 0 Å². The monoisotopic (exact) mass is 247 g/mol. The summed E-state index contributed by atoms with van der Waals surface area (Å²) in [5.41, 5.74) is 0. The van der Waals surface area contributed by atoms with Crippen molar-refractivity contribution in [2.24, 2.45) is 0 Å². The lowest BCUT2D eigenvalue weighted by atomic mass is 10.3. The van der Waals surface area contributed by atoms with Gasteiger partial charge < -0.3 is 9.64 Å². The maximum Gasteiger partial charge on any atom is 0.319 e. The molecular formula is C12H25NO2S. The molecule has 0 bridgehead atoms. The van der Waals surface area contributed by atoms with E-state index in [-0.39, 0.29) is 11.2 Å². The van der Waals surface area contributed by atoms with E-state index in [1.54, 1.807) is 11.8 Å². The molecule has 0 aliphatic heterocycles. The molecule has 1 atom stereocenters. The number of ether oxygens (including phenoxy) is 1. The van der Waals surface area contributed by atoms with Crippen LogP contribution in [0.5, 0.6) is 0 Å². The Kier molecular flexibility index (Phi) is 9.83. The van der Waals surface area contributed by atoms with E-state index >= 15 is 0 Å². The molecule has 0 aliphatic rings. The van der Waals surface area contributed by atoms with Crippen molar-refractivity contribution >= 4 is 17.7 Å². The number of rotatable bonds is 9. The normalized spacial score (nSPS) is 12.8. The summed E-state index contributed by atoms with van der Waals surface area (Å²) in [7, 11) is 0. The molecule has 0 rings (SSSR count). The number of nitrogens with zero attached hydrogens (tertiary/aromatic N) is 1. The van der Waals surface area contributed by atoms with E-state index in [2.05, 4.69) is 18.7 Å². The van der Waals surface area contributed by atoms with Crippen LogP contribution in [-0.4, -0.2) is 48.1 Å². The van der Waals surface area contributed by atoms with Crippen molar-refractivity contribution in [1.82, 2.24) is 4.90 Å². The molecule has 0 spiro atoms. The third-order valence-electron chi connectivity index (χ3n) is 2.54. The van der Waals surface area contributed by atoms with Crippen molar-refractivity contribution in [3.63, 3.8) is 0 Å². The lowest BCUT2D eigenvalue weighted by Gasteiger charge is -2.19. The zero-order valence-corrected chi connectivity index (χ0v) is 11.8. The summed E-state index contributed by atoms with van der Waals surface area (Å²) >= 11 is 1.71. The lowest BCUT2D eigenvalue weighted by Crippen LogP contribution is -2.27. The van der Waals surface area contributed by atoms with Gasteiger partial charge in [-0.1, -0.05) is 20.8 Å². The van der Waals surface area contributed by atoms with Gasteiger partial charge in [0.15, 0.2) is 0 Å². The SMILES string of the molecule is CCOC(=O)C(CC)SCCN(CC)CC. The number of thioether (sulfide) groups is 1. The van der Waals surface area contributed by atoms with Gasteiger partial charge >= 0.3 is 5.97 Å². The van der Waals surface area contributed by atoms with Gasteiger partial charge in [0, 0.05) is 12.3 Å². The molecule has 0 aromatic heterocycles. The van der Waals surface area contributed by atoms with Crippen molar-refractivity contribution in [2.45, 2.75) is 39.4 Å². The Labute approximate surface area is 104 Å². The van der Waals surface area contributed by atoms with Crippen LogP contribution in [0, 0.1) is 0 Å². The van der Waals surface area contributed by atoms with Gasteiger partial charge in [0.25, 0.3) is 0 Å². The van der Waals surface area contributed by atoms with Crippen molar-refractivity contribution in [3.8, 4) is 0 Å². The Morgan fingerprint density at radius 3 is 2.31 bits per heavy atom. The number of carbonyl (C=O) groups excluding carboxylic acids is 1. The molecular weight excluding hydrogens is 222 g/mol. The Bertz CT molecular complexity index is 184. The van der Waals surface area contributed by atoms with Gasteiger partial charge in [0.2, 0.25) is 0 Å². The first kappa shape index (κ1) is 15.8. The minimum absolute atomic E-state index is 0.00973. The molecule has 0 aliphatic carbocycles. The van der Waals surface area contributed by atoms with Gasteiger partial charge in [0.05, 0.1) is 6.61 Å². The van der Waals surface area contributed by atoms with E-state index in [0.717, 1.165) is 31.8 Å². The minimum atomic E-state index is -0.0606. The second-order valence-corrected chi connectivity index (χ2v) is 4.86. The zero-order valence-electron chi connectivity index (χ0n) is 11.0. The highest BCUT2D eigenvalue weighted by Crippen LogP contribution is 2.16. The molecule has 0 aromatic carbocycles. The highest BCUT2D eigenvalue weighted by molar-refractivity contribution is 8.00. The van der Waals surface area contributed by atoms with Crippen molar-refractivity contribution < 1.29 is 9.53 Å². The van der Waals surface area contributed by atoms with Gasteiger partial charge in [0.1, 0.15) is 5.25 Å². The first-order chi connectivity index (χ1) is 7.69. The summed E-state index contributed by atoms with van der Waals surface area (Å²) in [5, 5.41) is 0.00973. The summed E-state index contributed by atoms with van der Waals surface area (Å²) in [6.07, 6.45) is 0.849. The van der Waals surface area contributed by atoms with Crippen LogP contribution >= 0.6 is 11.8 Å². The van der Waals surface area contributed by atoms with Crippen molar-refractivity contribution in [2.75, 3.05) is 32.0 Å². The number of hydrogen-bond acceptors (Lipinski definition) is 4. The number of esters is 1. The Morgan fingerprint density at radius 2 is 1.88 bits per heavy atom. The maximum atomic E-state index is 11.5. The van der Waals surface area contributed by atoms with Gasteiger partial charge in [-0.15, -0.1) is 11.8 Å². The summed E-state index contributed by atoms with van der Waals surface area (Å²) < 4.78 is 5.03. The van der Waals surface area contributed by atoms with Crippen molar-refractivity contribution in [3.05, 3.63) is 0 Å². The fourth-order valence-electron chi connectivity index (χ4n) is 1.45. The second-order valence-electron chi connectivity index (χ2n) is 3.55. The first-order valence-electron chi connectivity index (χ1n) is 6.20. The van der Waals surface area contributed by atoms with Crippen LogP contribution in [0.3, 0.4) is 0 Å². The van der Waals surface area contributed by atoms with Crippen LogP contribution in [0.2, 0.25) is 0 Å². The third-order valence-corrected chi connectivity index (χ3v) is 3.89. The molecule has 0 fully saturated rings. The topological polar surface area (TPSA) is 29.5 Å². The summed E-state index contributed by atoms with van der Waals surface area (Å²) in [6.45, 7) is 11.9. The average molecular weight is 247 g/mol. The van der Waals surface area contributed by atoms with Crippen LogP contribution in [0.15, 0.2) is 0 Å². The fourth-order valence-corrected chi connectivity index (χ4v) is 2.54. The molecule has 0 saturated carbocycles. The highest BCUT2D eigenvalue weighted by atomic mass is 32.2. The third kappa shape index (κ3) is 6.38. The summed E-state index contributed by atoms with van der Waals surface area (Å²) in [6, 6.07) is 0. The number of hydrogen-bond donors (Lipinski definition) is 0. The Hall–Kier alpha value is -0.220. The molecule has 4 heteroatoms. The summed E-state index contributed by atoms with van der Waals surface area (Å²) in [5.74, 6) is 0.938. The first-order valence-corrected chi connectivity index (χ1v) is 7.24. The average Bonchev–Trinajstić information content (AvgIpc) is 2.30. The predicted molar refractivity (Wildman–Crippen MR) is 71.0 cm³/mol. The van der Waals surface area contributed by atoms with E-state index in [9.17, 15) is 4.79 Å². The lowest BCUT2D eigenvalue weighted by molar-refractivity contribution is -0.142. The van der Waals surface area contributed by atoms with Gasteiger partial charge in [-0.2, -0.15) is 0 Å². The molecule has 0 saturated heterocycles. The molecule has 0 heterocycles. The molecule has 96 valence electrons.